The number of benzene rings is 2. The molecule has 1 aromatic heterocycles. The van der Waals surface area contributed by atoms with Gasteiger partial charge in [-0.2, -0.15) is 4.73 Å². The molecule has 1 heterocycles. The Balaban J connectivity index is 2.35. The van der Waals surface area contributed by atoms with Gasteiger partial charge in [-0.25, -0.2) is 0 Å². The van der Waals surface area contributed by atoms with Crippen molar-refractivity contribution in [3.63, 3.8) is 0 Å². The van der Waals surface area contributed by atoms with E-state index >= 15 is 0 Å². The third-order valence-corrected chi connectivity index (χ3v) is 4.28. The van der Waals surface area contributed by atoms with Crippen LogP contribution in [0.2, 0.25) is 15.1 Å². The van der Waals surface area contributed by atoms with Crippen molar-refractivity contribution in [2.45, 2.75) is 0 Å². The van der Waals surface area contributed by atoms with E-state index in [2.05, 4.69) is 0 Å². The molecule has 0 saturated heterocycles. The minimum absolute atomic E-state index is 0.312. The average molecular weight is 325 g/mol. The highest BCUT2D eigenvalue weighted by molar-refractivity contribution is 6.48. The average Bonchev–Trinajstić information content (AvgIpc) is 2.44. The number of nitrogens with zero attached hydrogens (tertiary/aromatic N) is 1. The molecule has 3 rings (SSSR count). The second kappa shape index (κ2) is 5.13. The van der Waals surface area contributed by atoms with Gasteiger partial charge < -0.3 is 5.21 Å². The molecule has 2 aromatic carbocycles. The highest BCUT2D eigenvalue weighted by Crippen LogP contribution is 2.36. The van der Waals surface area contributed by atoms with Gasteiger partial charge in [0.25, 0.3) is 0 Å². The maximum absolute atomic E-state index is 12.0. The SMILES string of the molecule is [O-][n+]1cccc2cccc(-c3cc(Cl)c(Cl)c(Cl)c3)c21. The monoisotopic (exact) mass is 323 g/mol. The third-order valence-electron chi connectivity index (χ3n) is 3.08. The maximum atomic E-state index is 12.0. The summed E-state index contributed by atoms with van der Waals surface area (Å²) in [6.07, 6.45) is 1.46. The number of halogens is 3. The molecule has 0 N–H and O–H groups in total. The van der Waals surface area contributed by atoms with Crippen molar-refractivity contribution in [1.82, 2.24) is 0 Å². The molecule has 0 aliphatic carbocycles. The lowest BCUT2D eigenvalue weighted by Gasteiger charge is -2.09. The highest BCUT2D eigenvalue weighted by atomic mass is 35.5. The first kappa shape index (κ1) is 13.5. The van der Waals surface area contributed by atoms with Gasteiger partial charge in [-0.3, -0.25) is 0 Å². The number of rotatable bonds is 1. The molecular formula is C15H8Cl3NO. The van der Waals surface area contributed by atoms with Crippen molar-refractivity contribution in [3.8, 4) is 11.1 Å². The van der Waals surface area contributed by atoms with Crippen LogP contribution in [0.5, 0.6) is 0 Å². The fourth-order valence-electron chi connectivity index (χ4n) is 2.19. The van der Waals surface area contributed by atoms with E-state index in [-0.39, 0.29) is 0 Å². The van der Waals surface area contributed by atoms with Crippen LogP contribution in [0, 0.1) is 5.21 Å². The van der Waals surface area contributed by atoms with Crippen LogP contribution in [-0.2, 0) is 0 Å². The van der Waals surface area contributed by atoms with E-state index in [0.717, 1.165) is 21.2 Å². The van der Waals surface area contributed by atoms with Gasteiger partial charge in [-0.15, -0.1) is 0 Å². The highest BCUT2D eigenvalue weighted by Gasteiger charge is 2.14. The molecule has 0 aliphatic heterocycles. The molecule has 0 spiro atoms. The minimum Gasteiger partial charge on any atom is -0.618 e. The first-order chi connectivity index (χ1) is 9.58. The van der Waals surface area contributed by atoms with Crippen LogP contribution in [0.3, 0.4) is 0 Å². The van der Waals surface area contributed by atoms with Crippen molar-refractivity contribution in [2.75, 3.05) is 0 Å². The summed E-state index contributed by atoms with van der Waals surface area (Å²) in [6, 6.07) is 12.6. The smallest absolute Gasteiger partial charge is 0.231 e. The van der Waals surface area contributed by atoms with Crippen molar-refractivity contribution in [1.29, 1.82) is 0 Å². The number of hydrogen-bond acceptors (Lipinski definition) is 1. The van der Waals surface area contributed by atoms with E-state index < -0.39 is 0 Å². The molecule has 3 aromatic rings. The molecule has 20 heavy (non-hydrogen) atoms. The van der Waals surface area contributed by atoms with Gasteiger partial charge >= 0.3 is 0 Å². The third kappa shape index (κ3) is 2.20. The zero-order valence-electron chi connectivity index (χ0n) is 10.1. The summed E-state index contributed by atoms with van der Waals surface area (Å²) in [5.41, 5.74) is 2.09. The van der Waals surface area contributed by atoms with Crippen molar-refractivity contribution in [3.05, 3.63) is 68.9 Å². The summed E-state index contributed by atoms with van der Waals surface area (Å²) >= 11 is 18.1. The number of aromatic nitrogens is 1. The molecule has 0 saturated carbocycles. The zero-order chi connectivity index (χ0) is 14.3. The predicted molar refractivity (Wildman–Crippen MR) is 83.4 cm³/mol. The molecule has 0 fully saturated rings. The van der Waals surface area contributed by atoms with E-state index in [1.165, 1.54) is 6.20 Å². The van der Waals surface area contributed by atoms with Gasteiger partial charge in [-0.1, -0.05) is 40.9 Å². The Hall–Kier alpha value is -1.48. The lowest BCUT2D eigenvalue weighted by molar-refractivity contribution is -0.576. The Morgan fingerprint density at radius 3 is 2.25 bits per heavy atom. The molecular weight excluding hydrogens is 317 g/mol. The Kier molecular flexibility index (Phi) is 3.47. The van der Waals surface area contributed by atoms with Crippen LogP contribution in [0.1, 0.15) is 0 Å². The van der Waals surface area contributed by atoms with E-state index in [4.69, 9.17) is 34.8 Å². The van der Waals surface area contributed by atoms with E-state index in [1.54, 1.807) is 18.2 Å². The Labute approximate surface area is 130 Å². The van der Waals surface area contributed by atoms with Gasteiger partial charge in [0.15, 0.2) is 6.20 Å². The van der Waals surface area contributed by atoms with Crippen molar-refractivity contribution >= 4 is 45.7 Å². The van der Waals surface area contributed by atoms with Crippen LogP contribution in [0.15, 0.2) is 48.7 Å². The summed E-state index contributed by atoms with van der Waals surface area (Å²) in [7, 11) is 0. The van der Waals surface area contributed by atoms with E-state index in [1.807, 2.05) is 24.3 Å². The van der Waals surface area contributed by atoms with Gasteiger partial charge in [-0.05, 0) is 35.9 Å². The molecule has 5 heteroatoms. The van der Waals surface area contributed by atoms with Gasteiger partial charge in [0.1, 0.15) is 0 Å². The van der Waals surface area contributed by atoms with Crippen molar-refractivity contribution in [2.24, 2.45) is 0 Å². The minimum atomic E-state index is 0.312. The first-order valence-corrected chi connectivity index (χ1v) is 6.97. The summed E-state index contributed by atoms with van der Waals surface area (Å²) < 4.78 is 0.834. The summed E-state index contributed by atoms with van der Waals surface area (Å²) in [5.74, 6) is 0. The van der Waals surface area contributed by atoms with Gasteiger partial charge in [0.05, 0.1) is 20.6 Å². The van der Waals surface area contributed by atoms with E-state index in [9.17, 15) is 5.21 Å². The standard InChI is InChI=1S/C15H8Cl3NO/c16-12-7-10(8-13(17)14(12)18)11-5-1-3-9-4-2-6-19(20)15(9)11/h1-8H. The van der Waals surface area contributed by atoms with Crippen LogP contribution in [0.25, 0.3) is 22.0 Å². The Morgan fingerprint density at radius 2 is 1.55 bits per heavy atom. The molecule has 2 nitrogen and oxygen atoms in total. The van der Waals surface area contributed by atoms with Gasteiger partial charge in [0, 0.05) is 11.5 Å². The fourth-order valence-corrected chi connectivity index (χ4v) is 2.78. The largest absolute Gasteiger partial charge is 0.618 e. The van der Waals surface area contributed by atoms with Crippen molar-refractivity contribution < 1.29 is 4.73 Å². The second-order valence-corrected chi connectivity index (χ2v) is 5.52. The number of pyridine rings is 1. The normalized spacial score (nSPS) is 10.9. The molecule has 0 atom stereocenters. The van der Waals surface area contributed by atoms with Crippen LogP contribution in [-0.4, -0.2) is 0 Å². The zero-order valence-corrected chi connectivity index (χ0v) is 12.4. The molecule has 0 unspecified atom stereocenters. The number of hydrogen-bond donors (Lipinski definition) is 0. The molecule has 100 valence electrons. The van der Waals surface area contributed by atoms with Crippen LogP contribution in [0.4, 0.5) is 0 Å². The quantitative estimate of drug-likeness (QED) is 0.347. The van der Waals surface area contributed by atoms with Gasteiger partial charge in [0.2, 0.25) is 5.52 Å². The maximum Gasteiger partial charge on any atom is 0.231 e. The van der Waals surface area contributed by atoms with E-state index in [0.29, 0.717) is 20.6 Å². The summed E-state index contributed by atoms with van der Waals surface area (Å²) in [6.45, 7) is 0. The molecule has 0 aliphatic rings. The molecule has 0 amide bonds. The number of para-hydroxylation sites is 1. The Bertz CT molecular complexity index is 789. The number of fused-ring (bicyclic) bond motifs is 1. The van der Waals surface area contributed by atoms with Crippen LogP contribution < -0.4 is 4.73 Å². The van der Waals surface area contributed by atoms with Crippen LogP contribution >= 0.6 is 34.8 Å². The lowest BCUT2D eigenvalue weighted by Crippen LogP contribution is -2.26. The first-order valence-electron chi connectivity index (χ1n) is 5.84. The summed E-state index contributed by atoms with van der Waals surface area (Å²) in [4.78, 5) is 0. The summed E-state index contributed by atoms with van der Waals surface area (Å²) in [5, 5.41) is 13.9. The fraction of sp³-hybridized carbons (Fsp3) is 0. The predicted octanol–water partition coefficient (Wildman–Crippen LogP) is 5.10. The Morgan fingerprint density at radius 1 is 0.900 bits per heavy atom. The molecule has 0 radical (unpaired) electrons. The lowest BCUT2D eigenvalue weighted by atomic mass is 10.0. The second-order valence-electron chi connectivity index (χ2n) is 4.33. The topological polar surface area (TPSA) is 26.9 Å². The molecule has 0 bridgehead atoms.